The van der Waals surface area contributed by atoms with Crippen LogP contribution in [0.4, 0.5) is 5.69 Å². The van der Waals surface area contributed by atoms with Crippen LogP contribution in [0.5, 0.6) is 5.75 Å². The number of hydrogen-bond acceptors (Lipinski definition) is 2. The monoisotopic (exact) mass is 379 g/mol. The lowest BCUT2D eigenvalue weighted by Crippen LogP contribution is -2.39. The Labute approximate surface area is 143 Å². The van der Waals surface area contributed by atoms with Crippen LogP contribution in [-0.4, -0.2) is 18.6 Å². The van der Waals surface area contributed by atoms with Crippen LogP contribution in [0, 0.1) is 0 Å². The number of para-hydroxylation sites is 1. The predicted octanol–water partition coefficient (Wildman–Crippen LogP) is 4.46. The summed E-state index contributed by atoms with van der Waals surface area (Å²) < 4.78 is 6.62. The van der Waals surface area contributed by atoms with Crippen molar-refractivity contribution in [3.8, 4) is 5.75 Å². The minimum absolute atomic E-state index is 0.0519. The molecule has 0 saturated heterocycles. The van der Waals surface area contributed by atoms with E-state index in [0.717, 1.165) is 16.6 Å². The Morgan fingerprint density at radius 1 is 1.32 bits per heavy atom. The highest BCUT2D eigenvalue weighted by Gasteiger charge is 2.29. The summed E-state index contributed by atoms with van der Waals surface area (Å²) in [5, 5.41) is 0.482. The number of benzene rings is 2. The molecule has 0 radical (unpaired) electrons. The average Bonchev–Trinajstić information content (AvgIpc) is 2.93. The molecule has 0 saturated carbocycles. The Kier molecular flexibility index (Phi) is 4.41. The van der Waals surface area contributed by atoms with Gasteiger partial charge >= 0.3 is 0 Å². The van der Waals surface area contributed by atoms with E-state index in [-0.39, 0.29) is 5.91 Å². The van der Waals surface area contributed by atoms with E-state index in [0.29, 0.717) is 17.3 Å². The first kappa shape index (κ1) is 15.4. The Bertz CT molecular complexity index is 720. The molecule has 1 amide bonds. The SMILES string of the molecule is C[C@H](Oc1ccc(Br)cc1Cl)C(=O)N1CCc2ccccc21. The van der Waals surface area contributed by atoms with Crippen molar-refractivity contribution in [1.29, 1.82) is 0 Å². The molecule has 0 fully saturated rings. The summed E-state index contributed by atoms with van der Waals surface area (Å²) in [6.45, 7) is 2.45. The number of nitrogens with zero attached hydrogens (tertiary/aromatic N) is 1. The third kappa shape index (κ3) is 2.99. The molecule has 5 heteroatoms. The van der Waals surface area contributed by atoms with E-state index in [1.165, 1.54) is 5.56 Å². The van der Waals surface area contributed by atoms with Gasteiger partial charge in [0.2, 0.25) is 0 Å². The first-order valence-electron chi connectivity index (χ1n) is 7.07. The number of anilines is 1. The van der Waals surface area contributed by atoms with E-state index < -0.39 is 6.10 Å². The molecule has 0 N–H and O–H groups in total. The van der Waals surface area contributed by atoms with Gasteiger partial charge in [-0.2, -0.15) is 0 Å². The molecule has 0 aromatic heterocycles. The van der Waals surface area contributed by atoms with Crippen molar-refractivity contribution in [3.05, 3.63) is 57.5 Å². The van der Waals surface area contributed by atoms with E-state index in [4.69, 9.17) is 16.3 Å². The summed E-state index contributed by atoms with van der Waals surface area (Å²) >= 11 is 9.49. The maximum absolute atomic E-state index is 12.6. The van der Waals surface area contributed by atoms with Crippen LogP contribution in [-0.2, 0) is 11.2 Å². The summed E-state index contributed by atoms with van der Waals surface area (Å²) in [5.74, 6) is 0.460. The first-order chi connectivity index (χ1) is 10.6. The lowest BCUT2D eigenvalue weighted by molar-refractivity contribution is -0.124. The fourth-order valence-electron chi connectivity index (χ4n) is 2.60. The Hall–Kier alpha value is -1.52. The number of carbonyl (C=O) groups is 1. The molecule has 3 nitrogen and oxygen atoms in total. The number of amides is 1. The molecule has 0 bridgehead atoms. The smallest absolute Gasteiger partial charge is 0.267 e. The zero-order valence-corrected chi connectivity index (χ0v) is 14.4. The molecule has 22 heavy (non-hydrogen) atoms. The second-order valence-electron chi connectivity index (χ2n) is 5.20. The quantitative estimate of drug-likeness (QED) is 0.787. The van der Waals surface area contributed by atoms with Crippen molar-refractivity contribution < 1.29 is 9.53 Å². The maximum atomic E-state index is 12.6. The van der Waals surface area contributed by atoms with Gasteiger partial charge < -0.3 is 9.64 Å². The first-order valence-corrected chi connectivity index (χ1v) is 8.24. The second kappa shape index (κ2) is 6.31. The van der Waals surface area contributed by atoms with Gasteiger partial charge in [-0.05, 0) is 43.2 Å². The standard InChI is InChI=1S/C17H15BrClNO2/c1-11(22-16-7-6-13(18)10-14(16)19)17(21)20-9-8-12-4-2-3-5-15(12)20/h2-7,10-11H,8-9H2,1H3/t11-/m0/s1. The third-order valence-corrected chi connectivity index (χ3v) is 4.49. The van der Waals surface area contributed by atoms with E-state index in [2.05, 4.69) is 22.0 Å². The minimum atomic E-state index is -0.593. The summed E-state index contributed by atoms with van der Waals surface area (Å²) in [5.41, 5.74) is 2.18. The summed E-state index contributed by atoms with van der Waals surface area (Å²) in [7, 11) is 0. The van der Waals surface area contributed by atoms with Gasteiger partial charge in [0.25, 0.3) is 5.91 Å². The van der Waals surface area contributed by atoms with Crippen LogP contribution in [0.3, 0.4) is 0 Å². The van der Waals surface area contributed by atoms with Gasteiger partial charge in [0.1, 0.15) is 5.75 Å². The lowest BCUT2D eigenvalue weighted by atomic mass is 10.2. The number of halogens is 2. The minimum Gasteiger partial charge on any atom is -0.479 e. The van der Waals surface area contributed by atoms with Gasteiger partial charge in [0, 0.05) is 16.7 Å². The zero-order valence-electron chi connectivity index (χ0n) is 12.1. The molecule has 1 aliphatic rings. The summed E-state index contributed by atoms with van der Waals surface area (Å²) in [4.78, 5) is 14.4. The van der Waals surface area contributed by atoms with Crippen LogP contribution in [0.15, 0.2) is 46.9 Å². The van der Waals surface area contributed by atoms with Crippen molar-refractivity contribution in [1.82, 2.24) is 0 Å². The van der Waals surface area contributed by atoms with Crippen molar-refractivity contribution in [3.63, 3.8) is 0 Å². The normalized spacial score (nSPS) is 14.6. The largest absolute Gasteiger partial charge is 0.479 e. The van der Waals surface area contributed by atoms with Crippen molar-refractivity contribution >= 4 is 39.1 Å². The van der Waals surface area contributed by atoms with Gasteiger partial charge in [0.05, 0.1) is 5.02 Å². The third-order valence-electron chi connectivity index (χ3n) is 3.70. The molecule has 1 aliphatic heterocycles. The van der Waals surface area contributed by atoms with E-state index >= 15 is 0 Å². The van der Waals surface area contributed by atoms with Crippen LogP contribution < -0.4 is 9.64 Å². The fourth-order valence-corrected chi connectivity index (χ4v) is 3.32. The van der Waals surface area contributed by atoms with E-state index in [1.54, 1.807) is 24.0 Å². The van der Waals surface area contributed by atoms with Crippen LogP contribution >= 0.6 is 27.5 Å². The Morgan fingerprint density at radius 3 is 2.86 bits per heavy atom. The second-order valence-corrected chi connectivity index (χ2v) is 6.53. The highest BCUT2D eigenvalue weighted by molar-refractivity contribution is 9.10. The molecule has 0 aliphatic carbocycles. The van der Waals surface area contributed by atoms with Crippen LogP contribution in [0.2, 0.25) is 5.02 Å². The molecule has 2 aromatic carbocycles. The van der Waals surface area contributed by atoms with Crippen molar-refractivity contribution in [2.75, 3.05) is 11.4 Å². The number of hydrogen-bond donors (Lipinski definition) is 0. The topological polar surface area (TPSA) is 29.5 Å². The Balaban J connectivity index is 1.76. The van der Waals surface area contributed by atoms with Gasteiger partial charge in [-0.25, -0.2) is 0 Å². The number of carbonyl (C=O) groups excluding carboxylic acids is 1. The molecule has 3 rings (SSSR count). The number of rotatable bonds is 3. The highest BCUT2D eigenvalue weighted by atomic mass is 79.9. The predicted molar refractivity (Wildman–Crippen MR) is 91.7 cm³/mol. The summed E-state index contributed by atoms with van der Waals surface area (Å²) in [6.07, 6.45) is 0.290. The number of fused-ring (bicyclic) bond motifs is 1. The van der Waals surface area contributed by atoms with E-state index in [9.17, 15) is 4.79 Å². The van der Waals surface area contributed by atoms with Crippen LogP contribution in [0.1, 0.15) is 12.5 Å². The molecular weight excluding hydrogens is 366 g/mol. The molecule has 0 unspecified atom stereocenters. The summed E-state index contributed by atoms with van der Waals surface area (Å²) in [6, 6.07) is 13.3. The lowest BCUT2D eigenvalue weighted by Gasteiger charge is -2.22. The molecule has 114 valence electrons. The van der Waals surface area contributed by atoms with Gasteiger partial charge in [-0.15, -0.1) is 0 Å². The molecular formula is C17H15BrClNO2. The molecule has 2 aromatic rings. The average molecular weight is 381 g/mol. The number of ether oxygens (including phenoxy) is 1. The van der Waals surface area contributed by atoms with Gasteiger partial charge in [-0.1, -0.05) is 45.7 Å². The van der Waals surface area contributed by atoms with Crippen LogP contribution in [0.25, 0.3) is 0 Å². The van der Waals surface area contributed by atoms with Crippen molar-refractivity contribution in [2.24, 2.45) is 0 Å². The Morgan fingerprint density at radius 2 is 2.09 bits per heavy atom. The van der Waals surface area contributed by atoms with Crippen molar-refractivity contribution in [2.45, 2.75) is 19.4 Å². The molecule has 1 heterocycles. The molecule has 1 atom stereocenters. The maximum Gasteiger partial charge on any atom is 0.267 e. The fraction of sp³-hybridized carbons (Fsp3) is 0.235. The molecule has 0 spiro atoms. The zero-order chi connectivity index (χ0) is 15.7. The van der Waals surface area contributed by atoms with Gasteiger partial charge in [-0.3, -0.25) is 4.79 Å². The van der Waals surface area contributed by atoms with Gasteiger partial charge in [0.15, 0.2) is 6.10 Å². The van der Waals surface area contributed by atoms with E-state index in [1.807, 2.05) is 24.3 Å². The highest BCUT2D eigenvalue weighted by Crippen LogP contribution is 2.31.